The number of nitrogens with one attached hydrogen (secondary N) is 1. The van der Waals surface area contributed by atoms with Crippen LogP contribution in [0, 0.1) is 0 Å². The number of thioether (sulfide) groups is 1. The number of rotatable bonds is 5. The Labute approximate surface area is 122 Å². The SMILES string of the molecule is CCC(CSC)N1C(=O)C2(CC2)NC1c1cccs1. The molecule has 3 nitrogen and oxygen atoms in total. The van der Waals surface area contributed by atoms with Crippen LogP contribution in [0.4, 0.5) is 0 Å². The maximum absolute atomic E-state index is 12.7. The van der Waals surface area contributed by atoms with Crippen molar-refractivity contribution in [1.29, 1.82) is 0 Å². The molecule has 3 rings (SSSR count). The van der Waals surface area contributed by atoms with Crippen molar-refractivity contribution in [2.45, 2.75) is 43.9 Å². The summed E-state index contributed by atoms with van der Waals surface area (Å²) in [5.41, 5.74) is -0.222. The molecule has 1 aliphatic carbocycles. The van der Waals surface area contributed by atoms with E-state index >= 15 is 0 Å². The quantitative estimate of drug-likeness (QED) is 0.907. The van der Waals surface area contributed by atoms with Gasteiger partial charge in [-0.05, 0) is 37.0 Å². The second-order valence-electron chi connectivity index (χ2n) is 5.37. The fraction of sp³-hybridized carbons (Fsp3) is 0.643. The van der Waals surface area contributed by atoms with E-state index in [4.69, 9.17) is 0 Å². The third-order valence-corrected chi connectivity index (χ3v) is 5.76. The molecule has 1 spiro atoms. The van der Waals surface area contributed by atoms with Crippen LogP contribution >= 0.6 is 23.1 Å². The van der Waals surface area contributed by atoms with Crippen molar-refractivity contribution < 1.29 is 4.79 Å². The van der Waals surface area contributed by atoms with E-state index in [1.807, 2.05) is 11.8 Å². The zero-order valence-electron chi connectivity index (χ0n) is 11.4. The Morgan fingerprint density at radius 1 is 1.63 bits per heavy atom. The predicted molar refractivity (Wildman–Crippen MR) is 81.5 cm³/mol. The number of nitrogens with zero attached hydrogens (tertiary/aromatic N) is 1. The number of hydrogen-bond donors (Lipinski definition) is 1. The average molecular weight is 296 g/mol. The summed E-state index contributed by atoms with van der Waals surface area (Å²) in [4.78, 5) is 16.1. The van der Waals surface area contributed by atoms with Gasteiger partial charge in [-0.15, -0.1) is 11.3 Å². The van der Waals surface area contributed by atoms with Crippen LogP contribution < -0.4 is 5.32 Å². The highest BCUT2D eigenvalue weighted by Crippen LogP contribution is 2.47. The Balaban J connectivity index is 1.90. The molecule has 1 aliphatic heterocycles. The summed E-state index contributed by atoms with van der Waals surface area (Å²) in [6.07, 6.45) is 5.22. The smallest absolute Gasteiger partial charge is 0.244 e. The molecular weight excluding hydrogens is 276 g/mol. The molecular formula is C14H20N2OS2. The minimum atomic E-state index is -0.222. The first kappa shape index (κ1) is 13.5. The van der Waals surface area contributed by atoms with Gasteiger partial charge >= 0.3 is 0 Å². The minimum Gasteiger partial charge on any atom is -0.317 e. The van der Waals surface area contributed by atoms with Crippen LogP contribution in [0.3, 0.4) is 0 Å². The van der Waals surface area contributed by atoms with Gasteiger partial charge in [0.1, 0.15) is 11.7 Å². The Morgan fingerprint density at radius 3 is 2.95 bits per heavy atom. The molecule has 0 radical (unpaired) electrons. The van der Waals surface area contributed by atoms with Gasteiger partial charge in [0.25, 0.3) is 0 Å². The summed E-state index contributed by atoms with van der Waals surface area (Å²) in [6, 6.07) is 4.54. The molecule has 2 heterocycles. The lowest BCUT2D eigenvalue weighted by Crippen LogP contribution is -2.41. The minimum absolute atomic E-state index is 0.0899. The van der Waals surface area contributed by atoms with Gasteiger partial charge in [-0.3, -0.25) is 10.1 Å². The Hall–Kier alpha value is -0.520. The first-order valence-corrected chi connectivity index (χ1v) is 9.12. The number of thiophene rings is 1. The molecule has 1 N–H and O–H groups in total. The average Bonchev–Trinajstić information content (AvgIpc) is 2.88. The molecule has 2 unspecified atom stereocenters. The van der Waals surface area contributed by atoms with Crippen molar-refractivity contribution in [2.75, 3.05) is 12.0 Å². The fourth-order valence-electron chi connectivity index (χ4n) is 2.86. The molecule has 19 heavy (non-hydrogen) atoms. The molecule has 1 saturated carbocycles. The third kappa shape index (κ3) is 2.22. The van der Waals surface area contributed by atoms with Crippen molar-refractivity contribution >= 4 is 29.0 Å². The van der Waals surface area contributed by atoms with Crippen LogP contribution in [0.25, 0.3) is 0 Å². The number of carbonyl (C=O) groups is 1. The molecule has 0 bridgehead atoms. The second-order valence-corrected chi connectivity index (χ2v) is 7.26. The van der Waals surface area contributed by atoms with E-state index in [2.05, 4.69) is 40.9 Å². The molecule has 1 amide bonds. The van der Waals surface area contributed by atoms with E-state index in [9.17, 15) is 4.79 Å². The first-order chi connectivity index (χ1) is 9.22. The Kier molecular flexibility index (Phi) is 3.62. The number of carbonyl (C=O) groups excluding carboxylic acids is 1. The lowest BCUT2D eigenvalue weighted by atomic mass is 10.2. The zero-order chi connectivity index (χ0) is 13.5. The maximum Gasteiger partial charge on any atom is 0.244 e. The van der Waals surface area contributed by atoms with Crippen LogP contribution in [0.2, 0.25) is 0 Å². The van der Waals surface area contributed by atoms with Crippen molar-refractivity contribution in [3.05, 3.63) is 22.4 Å². The van der Waals surface area contributed by atoms with Gasteiger partial charge in [0, 0.05) is 16.7 Å². The Morgan fingerprint density at radius 2 is 2.42 bits per heavy atom. The van der Waals surface area contributed by atoms with E-state index in [1.165, 1.54) is 4.88 Å². The maximum atomic E-state index is 12.7. The summed E-state index contributed by atoms with van der Waals surface area (Å²) in [5.74, 6) is 1.34. The lowest BCUT2D eigenvalue weighted by Gasteiger charge is -2.31. The van der Waals surface area contributed by atoms with Crippen LogP contribution in [-0.2, 0) is 4.79 Å². The molecule has 2 aliphatic rings. The number of hydrogen-bond acceptors (Lipinski definition) is 4. The van der Waals surface area contributed by atoms with Gasteiger partial charge in [0.2, 0.25) is 5.91 Å². The van der Waals surface area contributed by atoms with Crippen molar-refractivity contribution in [3.63, 3.8) is 0 Å². The topological polar surface area (TPSA) is 32.3 Å². The molecule has 104 valence electrons. The summed E-state index contributed by atoms with van der Waals surface area (Å²) < 4.78 is 0. The van der Waals surface area contributed by atoms with Crippen molar-refractivity contribution in [2.24, 2.45) is 0 Å². The summed E-state index contributed by atoms with van der Waals surface area (Å²) in [5, 5.41) is 5.68. The third-order valence-electron chi connectivity index (χ3n) is 4.12. The van der Waals surface area contributed by atoms with Gasteiger partial charge in [0.05, 0.1) is 0 Å². The lowest BCUT2D eigenvalue weighted by molar-refractivity contribution is -0.132. The molecule has 2 atom stereocenters. The van der Waals surface area contributed by atoms with E-state index in [0.717, 1.165) is 25.0 Å². The highest BCUT2D eigenvalue weighted by atomic mass is 32.2. The van der Waals surface area contributed by atoms with Gasteiger partial charge in [-0.2, -0.15) is 11.8 Å². The monoisotopic (exact) mass is 296 g/mol. The molecule has 1 aromatic rings. The normalized spacial score (nSPS) is 26.1. The largest absolute Gasteiger partial charge is 0.317 e. The number of amides is 1. The molecule has 5 heteroatoms. The van der Waals surface area contributed by atoms with E-state index in [0.29, 0.717) is 11.9 Å². The van der Waals surface area contributed by atoms with Gasteiger partial charge < -0.3 is 4.90 Å². The van der Waals surface area contributed by atoms with Gasteiger partial charge in [-0.1, -0.05) is 13.0 Å². The highest BCUT2D eigenvalue weighted by molar-refractivity contribution is 7.98. The van der Waals surface area contributed by atoms with Crippen LogP contribution in [0.1, 0.15) is 37.2 Å². The van der Waals surface area contributed by atoms with E-state index < -0.39 is 0 Å². The first-order valence-electron chi connectivity index (χ1n) is 6.84. The van der Waals surface area contributed by atoms with E-state index in [-0.39, 0.29) is 11.7 Å². The molecule has 1 saturated heterocycles. The van der Waals surface area contributed by atoms with Crippen molar-refractivity contribution in [1.82, 2.24) is 10.2 Å². The standard InChI is InChI=1S/C14H20N2OS2/c1-3-10(9-18-2)16-12(11-5-4-8-19-11)15-14(6-7-14)13(16)17/h4-5,8,10,12,15H,3,6-7,9H2,1-2H3. The van der Waals surface area contributed by atoms with Crippen LogP contribution in [-0.4, -0.2) is 34.4 Å². The highest BCUT2D eigenvalue weighted by Gasteiger charge is 2.60. The summed E-state index contributed by atoms with van der Waals surface area (Å²) in [7, 11) is 0. The molecule has 0 aromatic carbocycles. The predicted octanol–water partition coefficient (Wildman–Crippen LogP) is 2.85. The van der Waals surface area contributed by atoms with Crippen molar-refractivity contribution in [3.8, 4) is 0 Å². The molecule has 2 fully saturated rings. The van der Waals surface area contributed by atoms with Gasteiger partial charge in [0.15, 0.2) is 0 Å². The summed E-state index contributed by atoms with van der Waals surface area (Å²) >= 11 is 3.56. The molecule has 1 aromatic heterocycles. The van der Waals surface area contributed by atoms with E-state index in [1.54, 1.807) is 11.3 Å². The van der Waals surface area contributed by atoms with Crippen LogP contribution in [0.5, 0.6) is 0 Å². The zero-order valence-corrected chi connectivity index (χ0v) is 13.0. The Bertz CT molecular complexity index is 456. The van der Waals surface area contributed by atoms with Gasteiger partial charge in [-0.25, -0.2) is 0 Å². The van der Waals surface area contributed by atoms with Crippen LogP contribution in [0.15, 0.2) is 17.5 Å². The second kappa shape index (κ2) is 5.11. The summed E-state index contributed by atoms with van der Waals surface area (Å²) in [6.45, 7) is 2.18. The fourth-order valence-corrected chi connectivity index (χ4v) is 4.41.